The van der Waals surface area contributed by atoms with Gasteiger partial charge in [0.15, 0.2) is 6.10 Å². The third kappa shape index (κ3) is 4.96. The number of halogens is 2. The fraction of sp³-hybridized carbons (Fsp3) is 0.190. The largest absolute Gasteiger partial charge is 0.495 e. The molecule has 0 saturated heterocycles. The molecule has 0 bridgehead atoms. The fourth-order valence-electron chi connectivity index (χ4n) is 2.68. The van der Waals surface area contributed by atoms with Gasteiger partial charge in [-0.25, -0.2) is 4.39 Å². The molecule has 1 N–H and O–H groups in total. The highest BCUT2D eigenvalue weighted by molar-refractivity contribution is 6.31. The Morgan fingerprint density at radius 3 is 2.60 bits per heavy atom. The molecule has 1 aromatic heterocycles. The van der Waals surface area contributed by atoms with Crippen LogP contribution in [0.1, 0.15) is 13.3 Å². The minimum Gasteiger partial charge on any atom is -0.495 e. The van der Waals surface area contributed by atoms with E-state index in [0.717, 1.165) is 4.68 Å². The number of nitrogens with zero attached hydrogens (tertiary/aromatic N) is 2. The lowest BCUT2D eigenvalue weighted by molar-refractivity contribution is -0.123. The van der Waals surface area contributed by atoms with E-state index in [9.17, 15) is 14.0 Å². The molecule has 0 fully saturated rings. The van der Waals surface area contributed by atoms with E-state index < -0.39 is 23.4 Å². The first-order valence-electron chi connectivity index (χ1n) is 9.08. The van der Waals surface area contributed by atoms with Crippen molar-refractivity contribution in [3.8, 4) is 17.3 Å². The monoisotopic (exact) mass is 431 g/mol. The predicted molar refractivity (Wildman–Crippen MR) is 111 cm³/mol. The third-order valence-corrected chi connectivity index (χ3v) is 4.43. The number of hydrogen-bond donors (Lipinski definition) is 1. The Morgan fingerprint density at radius 1 is 1.20 bits per heavy atom. The number of amides is 1. The average Bonchev–Trinajstić information content (AvgIpc) is 2.74. The molecule has 0 spiro atoms. The average molecular weight is 432 g/mol. The summed E-state index contributed by atoms with van der Waals surface area (Å²) in [6, 6.07) is 12.8. The van der Waals surface area contributed by atoms with Crippen LogP contribution < -0.4 is 20.3 Å². The topological polar surface area (TPSA) is 82.5 Å². The molecule has 0 saturated carbocycles. The molecule has 30 heavy (non-hydrogen) atoms. The van der Waals surface area contributed by atoms with Crippen LogP contribution in [0.2, 0.25) is 5.02 Å². The van der Waals surface area contributed by atoms with Crippen molar-refractivity contribution in [1.29, 1.82) is 0 Å². The highest BCUT2D eigenvalue weighted by atomic mass is 35.5. The molecule has 156 valence electrons. The molecule has 1 heterocycles. The zero-order valence-corrected chi connectivity index (χ0v) is 17.0. The van der Waals surface area contributed by atoms with Gasteiger partial charge in [0.1, 0.15) is 11.6 Å². The standard InChI is InChI=1S/C21H19ClFN3O4/c1-3-17(21(28)24-16-12-13(22)4-9-18(16)29-2)30-19-10-11-20(27)26(25-19)15-7-5-14(23)6-8-15/h4-12,17H,3H2,1-2H3,(H,24,28)/t17-/m0/s1. The molecule has 0 unspecified atom stereocenters. The first-order chi connectivity index (χ1) is 14.4. The second-order valence-corrected chi connectivity index (χ2v) is 6.68. The summed E-state index contributed by atoms with van der Waals surface area (Å²) in [6.45, 7) is 1.77. The van der Waals surface area contributed by atoms with Gasteiger partial charge >= 0.3 is 0 Å². The second-order valence-electron chi connectivity index (χ2n) is 6.25. The Balaban J connectivity index is 1.81. The number of rotatable bonds is 7. The Hall–Kier alpha value is -3.39. The zero-order valence-electron chi connectivity index (χ0n) is 16.3. The molecule has 3 aromatic rings. The normalized spacial score (nSPS) is 11.6. The molecule has 0 radical (unpaired) electrons. The quantitative estimate of drug-likeness (QED) is 0.614. The molecule has 1 atom stereocenters. The van der Waals surface area contributed by atoms with Crippen LogP contribution in [-0.2, 0) is 4.79 Å². The SMILES string of the molecule is CC[C@H](Oc1ccc(=O)n(-c2ccc(F)cc2)n1)C(=O)Nc1cc(Cl)ccc1OC. The van der Waals surface area contributed by atoms with E-state index in [0.29, 0.717) is 28.6 Å². The summed E-state index contributed by atoms with van der Waals surface area (Å²) in [4.78, 5) is 24.8. The van der Waals surface area contributed by atoms with E-state index in [2.05, 4.69) is 10.4 Å². The highest BCUT2D eigenvalue weighted by Gasteiger charge is 2.21. The van der Waals surface area contributed by atoms with Gasteiger partial charge < -0.3 is 14.8 Å². The molecule has 7 nitrogen and oxygen atoms in total. The van der Waals surface area contributed by atoms with Crippen LogP contribution in [0, 0.1) is 5.82 Å². The van der Waals surface area contributed by atoms with Crippen molar-refractivity contribution in [3.63, 3.8) is 0 Å². The maximum absolute atomic E-state index is 13.2. The summed E-state index contributed by atoms with van der Waals surface area (Å²) in [7, 11) is 1.48. The van der Waals surface area contributed by atoms with Crippen molar-refractivity contribution in [3.05, 3.63) is 75.8 Å². The van der Waals surface area contributed by atoms with E-state index in [4.69, 9.17) is 21.1 Å². The maximum Gasteiger partial charge on any atom is 0.271 e. The van der Waals surface area contributed by atoms with Gasteiger partial charge in [-0.15, -0.1) is 5.10 Å². The number of benzene rings is 2. The molecule has 3 rings (SSSR count). The Kier molecular flexibility index (Phi) is 6.68. The first kappa shape index (κ1) is 21.3. The number of aromatic nitrogens is 2. The van der Waals surface area contributed by atoms with Crippen molar-refractivity contribution in [2.45, 2.75) is 19.4 Å². The number of anilines is 1. The van der Waals surface area contributed by atoms with Crippen molar-refractivity contribution in [1.82, 2.24) is 9.78 Å². The lowest BCUT2D eigenvalue weighted by Gasteiger charge is -2.18. The Labute approximate surface area is 177 Å². The van der Waals surface area contributed by atoms with E-state index >= 15 is 0 Å². The van der Waals surface area contributed by atoms with Gasteiger partial charge in [-0.3, -0.25) is 9.59 Å². The molecule has 0 aliphatic rings. The number of methoxy groups -OCH3 is 1. The van der Waals surface area contributed by atoms with E-state index in [1.165, 1.54) is 43.5 Å². The number of hydrogen-bond acceptors (Lipinski definition) is 5. The minimum absolute atomic E-state index is 0.0685. The second kappa shape index (κ2) is 9.41. The molecule has 0 aliphatic carbocycles. The lowest BCUT2D eigenvalue weighted by atomic mass is 10.2. The van der Waals surface area contributed by atoms with E-state index in [-0.39, 0.29) is 5.88 Å². The van der Waals surface area contributed by atoms with Crippen molar-refractivity contribution in [2.75, 3.05) is 12.4 Å². The number of nitrogens with one attached hydrogen (secondary N) is 1. The first-order valence-corrected chi connectivity index (χ1v) is 9.46. The van der Waals surface area contributed by atoms with Gasteiger partial charge in [-0.05, 0) is 48.9 Å². The summed E-state index contributed by atoms with van der Waals surface area (Å²) < 4.78 is 25.2. The number of ether oxygens (including phenoxy) is 2. The van der Waals surface area contributed by atoms with Gasteiger partial charge in [0.2, 0.25) is 5.88 Å². The predicted octanol–water partition coefficient (Wildman–Crippen LogP) is 3.83. The van der Waals surface area contributed by atoms with Crippen LogP contribution in [0.25, 0.3) is 5.69 Å². The highest BCUT2D eigenvalue weighted by Crippen LogP contribution is 2.28. The minimum atomic E-state index is -0.889. The summed E-state index contributed by atoms with van der Waals surface area (Å²) >= 11 is 6.00. The fourth-order valence-corrected chi connectivity index (χ4v) is 2.86. The lowest BCUT2D eigenvalue weighted by Crippen LogP contribution is -2.33. The summed E-state index contributed by atoms with van der Waals surface area (Å²) in [5, 5.41) is 7.30. The summed E-state index contributed by atoms with van der Waals surface area (Å²) in [5.41, 5.74) is 0.351. The van der Waals surface area contributed by atoms with Crippen LogP contribution in [0.15, 0.2) is 59.4 Å². The van der Waals surface area contributed by atoms with Crippen LogP contribution in [0.3, 0.4) is 0 Å². The molecule has 2 aromatic carbocycles. The maximum atomic E-state index is 13.2. The van der Waals surface area contributed by atoms with Gasteiger partial charge in [-0.2, -0.15) is 4.68 Å². The van der Waals surface area contributed by atoms with E-state index in [1.54, 1.807) is 25.1 Å². The molecular weight excluding hydrogens is 413 g/mol. The number of carbonyl (C=O) groups is 1. The Bertz CT molecular complexity index is 1100. The smallest absolute Gasteiger partial charge is 0.271 e. The van der Waals surface area contributed by atoms with Gasteiger partial charge in [0.05, 0.1) is 18.5 Å². The summed E-state index contributed by atoms with van der Waals surface area (Å²) in [6.07, 6.45) is -0.549. The molecule has 1 amide bonds. The zero-order chi connectivity index (χ0) is 21.7. The van der Waals surface area contributed by atoms with Gasteiger partial charge in [0.25, 0.3) is 11.5 Å². The van der Waals surface area contributed by atoms with Crippen molar-refractivity contribution in [2.24, 2.45) is 0 Å². The van der Waals surface area contributed by atoms with Crippen LogP contribution in [-0.4, -0.2) is 28.9 Å². The summed E-state index contributed by atoms with van der Waals surface area (Å²) in [5.74, 6) is -0.345. The van der Waals surface area contributed by atoms with Gasteiger partial charge in [0, 0.05) is 17.2 Å². The number of carbonyl (C=O) groups excluding carboxylic acids is 1. The molecular formula is C21H19ClFN3O4. The Morgan fingerprint density at radius 2 is 1.93 bits per heavy atom. The van der Waals surface area contributed by atoms with Crippen molar-refractivity contribution < 1.29 is 18.7 Å². The van der Waals surface area contributed by atoms with Crippen molar-refractivity contribution >= 4 is 23.2 Å². The molecule has 9 heteroatoms. The van der Waals surface area contributed by atoms with Gasteiger partial charge in [-0.1, -0.05) is 18.5 Å². The van der Waals surface area contributed by atoms with Crippen LogP contribution in [0.5, 0.6) is 11.6 Å². The van der Waals surface area contributed by atoms with E-state index in [1.807, 2.05) is 0 Å². The van der Waals surface area contributed by atoms with Crippen LogP contribution >= 0.6 is 11.6 Å². The molecule has 0 aliphatic heterocycles. The van der Waals surface area contributed by atoms with Crippen LogP contribution in [0.4, 0.5) is 10.1 Å². The third-order valence-electron chi connectivity index (χ3n) is 4.19.